The van der Waals surface area contributed by atoms with E-state index < -0.39 is 10.9 Å². The zero-order valence-electron chi connectivity index (χ0n) is 10.2. The number of halogens is 2. The topological polar surface area (TPSA) is 89.7 Å². The molecule has 0 fully saturated rings. The summed E-state index contributed by atoms with van der Waals surface area (Å²) in [6, 6.07) is 8.02. The Kier molecular flexibility index (Phi) is 4.44. The number of carbonyl (C=O) groups is 1. The Morgan fingerprint density at radius 3 is 2.57 bits per heavy atom. The van der Waals surface area contributed by atoms with Crippen molar-refractivity contribution in [1.29, 1.82) is 0 Å². The van der Waals surface area contributed by atoms with Gasteiger partial charge >= 0.3 is 5.97 Å². The number of carboxylic acid groups (broad SMARTS) is 1. The van der Waals surface area contributed by atoms with E-state index in [2.05, 4.69) is 15.9 Å². The fraction of sp³-hybridized carbons (Fsp3) is 0. The number of nitro benzene ring substituents is 1. The average molecular weight is 373 g/mol. The van der Waals surface area contributed by atoms with Crippen LogP contribution in [-0.4, -0.2) is 16.0 Å². The van der Waals surface area contributed by atoms with E-state index in [1.165, 1.54) is 6.07 Å². The van der Waals surface area contributed by atoms with Crippen LogP contribution in [0.1, 0.15) is 10.4 Å². The number of benzene rings is 2. The molecule has 0 saturated heterocycles. The second kappa shape index (κ2) is 6.11. The molecule has 0 heterocycles. The molecule has 2 rings (SSSR count). The van der Waals surface area contributed by atoms with Gasteiger partial charge in [-0.1, -0.05) is 27.5 Å². The summed E-state index contributed by atoms with van der Waals surface area (Å²) in [5.74, 6) is -1.23. The maximum Gasteiger partial charge on any atom is 0.339 e. The Labute approximate surface area is 132 Å². The van der Waals surface area contributed by atoms with Crippen molar-refractivity contribution in [2.75, 3.05) is 0 Å². The molecule has 0 radical (unpaired) electrons. The lowest BCUT2D eigenvalue weighted by molar-refractivity contribution is -0.384. The zero-order chi connectivity index (χ0) is 15.6. The van der Waals surface area contributed by atoms with E-state index in [1.807, 2.05) is 0 Å². The molecule has 2 aromatic carbocycles. The van der Waals surface area contributed by atoms with Gasteiger partial charge in [-0.2, -0.15) is 0 Å². The molecule has 0 spiro atoms. The van der Waals surface area contributed by atoms with Gasteiger partial charge in [0.25, 0.3) is 5.69 Å². The first-order valence-electron chi connectivity index (χ1n) is 5.53. The Morgan fingerprint density at radius 1 is 1.24 bits per heavy atom. The molecule has 0 aromatic heterocycles. The van der Waals surface area contributed by atoms with Crippen LogP contribution < -0.4 is 4.74 Å². The van der Waals surface area contributed by atoms with Gasteiger partial charge in [-0.05, 0) is 24.3 Å². The normalized spacial score (nSPS) is 10.2. The molecule has 0 bridgehead atoms. The van der Waals surface area contributed by atoms with E-state index in [-0.39, 0.29) is 27.8 Å². The van der Waals surface area contributed by atoms with E-state index in [0.29, 0.717) is 4.47 Å². The number of nitro groups is 1. The van der Waals surface area contributed by atoms with E-state index >= 15 is 0 Å². The molecule has 0 aliphatic carbocycles. The highest BCUT2D eigenvalue weighted by Crippen LogP contribution is 2.35. The third-order valence-corrected chi connectivity index (χ3v) is 3.33. The van der Waals surface area contributed by atoms with Crippen molar-refractivity contribution in [2.24, 2.45) is 0 Å². The predicted octanol–water partition coefficient (Wildman–Crippen LogP) is 4.50. The Balaban J connectivity index is 2.50. The highest BCUT2D eigenvalue weighted by atomic mass is 79.9. The standard InChI is InChI=1S/C13H7BrClNO5/c14-7-1-4-10(15)12(5-7)21-11-6-8(16(19)20)2-3-9(11)13(17)18/h1-6H,(H,17,18). The van der Waals surface area contributed by atoms with Gasteiger partial charge in [-0.15, -0.1) is 0 Å². The second-order valence-electron chi connectivity index (χ2n) is 3.92. The molecule has 0 aliphatic heterocycles. The highest BCUT2D eigenvalue weighted by Gasteiger charge is 2.18. The fourth-order valence-corrected chi connectivity index (χ4v) is 2.06. The predicted molar refractivity (Wildman–Crippen MR) is 79.3 cm³/mol. The lowest BCUT2D eigenvalue weighted by Gasteiger charge is -2.10. The quantitative estimate of drug-likeness (QED) is 0.630. The number of nitrogens with zero attached hydrogens (tertiary/aromatic N) is 1. The van der Waals surface area contributed by atoms with Gasteiger partial charge in [0.2, 0.25) is 0 Å². The molecule has 0 aliphatic rings. The summed E-state index contributed by atoms with van der Waals surface area (Å²) in [6.07, 6.45) is 0. The molecule has 0 amide bonds. The van der Waals surface area contributed by atoms with E-state index in [9.17, 15) is 14.9 Å². The van der Waals surface area contributed by atoms with Crippen LogP contribution >= 0.6 is 27.5 Å². The summed E-state index contributed by atoms with van der Waals surface area (Å²) in [4.78, 5) is 21.3. The van der Waals surface area contributed by atoms with Gasteiger partial charge in [0.1, 0.15) is 17.1 Å². The highest BCUT2D eigenvalue weighted by molar-refractivity contribution is 9.10. The Bertz CT molecular complexity index is 734. The average Bonchev–Trinajstić information content (AvgIpc) is 2.42. The first-order valence-corrected chi connectivity index (χ1v) is 6.70. The van der Waals surface area contributed by atoms with Crippen molar-refractivity contribution in [3.05, 3.63) is 61.6 Å². The molecule has 2 aromatic rings. The van der Waals surface area contributed by atoms with Crippen LogP contribution in [0.2, 0.25) is 5.02 Å². The molecule has 0 atom stereocenters. The van der Waals surface area contributed by atoms with Crippen molar-refractivity contribution < 1.29 is 19.6 Å². The van der Waals surface area contributed by atoms with Gasteiger partial charge in [0, 0.05) is 10.5 Å². The van der Waals surface area contributed by atoms with Crippen LogP contribution in [-0.2, 0) is 0 Å². The van der Waals surface area contributed by atoms with Crippen molar-refractivity contribution in [3.8, 4) is 11.5 Å². The maximum atomic E-state index is 11.2. The molecular formula is C13H7BrClNO5. The van der Waals surface area contributed by atoms with Gasteiger partial charge in [-0.3, -0.25) is 10.1 Å². The minimum atomic E-state index is -1.26. The molecule has 1 N–H and O–H groups in total. The van der Waals surface area contributed by atoms with Crippen molar-refractivity contribution in [1.82, 2.24) is 0 Å². The van der Waals surface area contributed by atoms with Crippen LogP contribution in [0, 0.1) is 10.1 Å². The molecule has 0 saturated carbocycles. The van der Waals surface area contributed by atoms with Crippen LogP contribution in [0.5, 0.6) is 11.5 Å². The van der Waals surface area contributed by atoms with Gasteiger partial charge < -0.3 is 9.84 Å². The molecule has 21 heavy (non-hydrogen) atoms. The zero-order valence-corrected chi connectivity index (χ0v) is 12.6. The fourth-order valence-electron chi connectivity index (χ4n) is 1.56. The maximum absolute atomic E-state index is 11.2. The third kappa shape index (κ3) is 3.50. The van der Waals surface area contributed by atoms with E-state index in [4.69, 9.17) is 21.4 Å². The molecule has 8 heteroatoms. The van der Waals surface area contributed by atoms with Crippen molar-refractivity contribution in [2.45, 2.75) is 0 Å². The largest absolute Gasteiger partial charge is 0.478 e. The lowest BCUT2D eigenvalue weighted by Crippen LogP contribution is -2.01. The van der Waals surface area contributed by atoms with Gasteiger partial charge in [0.15, 0.2) is 0 Å². The summed E-state index contributed by atoms with van der Waals surface area (Å²) < 4.78 is 6.10. The van der Waals surface area contributed by atoms with Crippen molar-refractivity contribution >= 4 is 39.2 Å². The monoisotopic (exact) mass is 371 g/mol. The van der Waals surface area contributed by atoms with Crippen LogP contribution in [0.4, 0.5) is 5.69 Å². The first kappa shape index (κ1) is 15.3. The second-order valence-corrected chi connectivity index (χ2v) is 5.24. The number of hydrogen-bond donors (Lipinski definition) is 1. The minimum absolute atomic E-state index is 0.156. The summed E-state index contributed by atoms with van der Waals surface area (Å²) >= 11 is 9.18. The molecule has 108 valence electrons. The number of hydrogen-bond acceptors (Lipinski definition) is 4. The lowest BCUT2D eigenvalue weighted by atomic mass is 10.2. The van der Waals surface area contributed by atoms with Crippen LogP contribution in [0.3, 0.4) is 0 Å². The summed E-state index contributed by atoms with van der Waals surface area (Å²) in [6.45, 7) is 0. The van der Waals surface area contributed by atoms with Crippen LogP contribution in [0.15, 0.2) is 40.9 Å². The van der Waals surface area contributed by atoms with E-state index in [1.54, 1.807) is 12.1 Å². The molecule has 6 nitrogen and oxygen atoms in total. The van der Waals surface area contributed by atoms with Gasteiger partial charge in [0.05, 0.1) is 16.0 Å². The first-order chi connectivity index (χ1) is 9.88. The summed E-state index contributed by atoms with van der Waals surface area (Å²) in [5, 5.41) is 20.1. The van der Waals surface area contributed by atoms with Crippen molar-refractivity contribution in [3.63, 3.8) is 0 Å². The van der Waals surface area contributed by atoms with Crippen LogP contribution in [0.25, 0.3) is 0 Å². The number of rotatable bonds is 4. The Morgan fingerprint density at radius 2 is 1.95 bits per heavy atom. The number of ether oxygens (including phenoxy) is 1. The number of aromatic carboxylic acids is 1. The number of non-ortho nitro benzene ring substituents is 1. The third-order valence-electron chi connectivity index (χ3n) is 2.52. The number of carboxylic acids is 1. The molecule has 0 unspecified atom stereocenters. The SMILES string of the molecule is O=C(O)c1ccc([N+](=O)[O-])cc1Oc1cc(Br)ccc1Cl. The molecular weight excluding hydrogens is 366 g/mol. The van der Waals surface area contributed by atoms with E-state index in [0.717, 1.165) is 18.2 Å². The smallest absolute Gasteiger partial charge is 0.339 e. The minimum Gasteiger partial charge on any atom is -0.478 e. The summed E-state index contributed by atoms with van der Waals surface area (Å²) in [7, 11) is 0. The van der Waals surface area contributed by atoms with Gasteiger partial charge in [-0.25, -0.2) is 4.79 Å². The Hall–Kier alpha value is -2.12. The summed E-state index contributed by atoms with van der Waals surface area (Å²) in [5.41, 5.74) is -0.474.